The summed E-state index contributed by atoms with van der Waals surface area (Å²) in [6, 6.07) is 9.65. The van der Waals surface area contributed by atoms with Gasteiger partial charge in [-0.25, -0.2) is 0 Å². The Labute approximate surface area is 125 Å². The van der Waals surface area contributed by atoms with Crippen molar-refractivity contribution in [2.45, 2.75) is 6.54 Å². The average molecular weight is 302 g/mol. The van der Waals surface area contributed by atoms with Gasteiger partial charge in [0.25, 0.3) is 5.88 Å². The number of hydrogen-bond donors (Lipinski definition) is 0. The van der Waals surface area contributed by atoms with E-state index in [2.05, 4.69) is 5.10 Å². The Kier molecular flexibility index (Phi) is 3.62. The molecule has 108 valence electrons. The highest BCUT2D eigenvalue weighted by molar-refractivity contribution is 7.20. The summed E-state index contributed by atoms with van der Waals surface area (Å²) < 4.78 is 13.2. The highest BCUT2D eigenvalue weighted by atomic mass is 32.1. The Morgan fingerprint density at radius 3 is 2.62 bits per heavy atom. The quantitative estimate of drug-likeness (QED) is 0.680. The predicted molar refractivity (Wildman–Crippen MR) is 81.6 cm³/mol. The van der Waals surface area contributed by atoms with Crippen LogP contribution in [0.25, 0.3) is 10.2 Å². The largest absolute Gasteiger partial charge is 0.497 e. The number of methoxy groups -OCH3 is 2. The molecular weight excluding hydrogens is 288 g/mol. The molecule has 6 heteroatoms. The fourth-order valence-corrected chi connectivity index (χ4v) is 3.10. The minimum atomic E-state index is 0.552. The van der Waals surface area contributed by atoms with E-state index >= 15 is 0 Å². The van der Waals surface area contributed by atoms with Crippen molar-refractivity contribution in [3.63, 3.8) is 0 Å². The van der Waals surface area contributed by atoms with Gasteiger partial charge < -0.3 is 9.47 Å². The zero-order chi connectivity index (χ0) is 14.8. The van der Waals surface area contributed by atoms with Crippen LogP contribution in [0.3, 0.4) is 0 Å². The third-order valence-corrected chi connectivity index (χ3v) is 4.25. The molecule has 21 heavy (non-hydrogen) atoms. The lowest BCUT2D eigenvalue weighted by Crippen LogP contribution is -2.01. The van der Waals surface area contributed by atoms with Crippen LogP contribution in [-0.2, 0) is 6.54 Å². The van der Waals surface area contributed by atoms with Gasteiger partial charge in [0.2, 0.25) is 0 Å². The van der Waals surface area contributed by atoms with E-state index < -0.39 is 0 Å². The summed E-state index contributed by atoms with van der Waals surface area (Å²) in [4.78, 5) is 11.6. The molecule has 0 aliphatic heterocycles. The summed E-state index contributed by atoms with van der Waals surface area (Å²) in [5, 5.41) is 4.44. The number of aldehydes is 1. The van der Waals surface area contributed by atoms with Crippen LogP contribution in [0, 0.1) is 0 Å². The van der Waals surface area contributed by atoms with Crippen molar-refractivity contribution < 1.29 is 14.3 Å². The lowest BCUT2D eigenvalue weighted by molar-refractivity contribution is 0.112. The Morgan fingerprint density at radius 1 is 1.24 bits per heavy atom. The minimum Gasteiger partial charge on any atom is -0.497 e. The SMILES string of the molecule is COc1ccc(Cn2nc(OC)c3sc(C=O)cc32)cc1. The third kappa shape index (κ3) is 2.50. The lowest BCUT2D eigenvalue weighted by atomic mass is 10.2. The van der Waals surface area contributed by atoms with Crippen LogP contribution in [0.4, 0.5) is 0 Å². The minimum absolute atomic E-state index is 0.552. The van der Waals surface area contributed by atoms with Crippen LogP contribution in [-0.4, -0.2) is 30.3 Å². The molecule has 3 aromatic rings. The smallest absolute Gasteiger partial charge is 0.250 e. The number of aromatic nitrogens is 2. The van der Waals surface area contributed by atoms with Gasteiger partial charge in [0.05, 0.1) is 31.2 Å². The van der Waals surface area contributed by atoms with Crippen molar-refractivity contribution in [2.75, 3.05) is 14.2 Å². The molecule has 0 unspecified atom stereocenters. The summed E-state index contributed by atoms with van der Waals surface area (Å²) in [6.07, 6.45) is 0.849. The molecule has 0 radical (unpaired) electrons. The lowest BCUT2D eigenvalue weighted by Gasteiger charge is -2.04. The number of carbonyl (C=O) groups is 1. The molecule has 5 nitrogen and oxygen atoms in total. The maximum Gasteiger partial charge on any atom is 0.250 e. The topological polar surface area (TPSA) is 53.4 Å². The van der Waals surface area contributed by atoms with Gasteiger partial charge in [-0.2, -0.15) is 0 Å². The number of thiophene rings is 1. The Balaban J connectivity index is 1.98. The molecule has 2 heterocycles. The average Bonchev–Trinajstić information content (AvgIpc) is 3.08. The van der Waals surface area contributed by atoms with Crippen molar-refractivity contribution in [2.24, 2.45) is 0 Å². The maximum absolute atomic E-state index is 10.9. The van der Waals surface area contributed by atoms with Gasteiger partial charge in [0.15, 0.2) is 6.29 Å². The summed E-state index contributed by atoms with van der Waals surface area (Å²) in [7, 11) is 3.23. The number of rotatable bonds is 5. The zero-order valence-electron chi connectivity index (χ0n) is 11.7. The Morgan fingerprint density at radius 2 is 2.00 bits per heavy atom. The van der Waals surface area contributed by atoms with Crippen molar-refractivity contribution in [3.8, 4) is 11.6 Å². The molecule has 0 bridgehead atoms. The van der Waals surface area contributed by atoms with Crippen molar-refractivity contribution in [1.82, 2.24) is 9.78 Å². The summed E-state index contributed by atoms with van der Waals surface area (Å²) in [5.74, 6) is 1.37. The highest BCUT2D eigenvalue weighted by Crippen LogP contribution is 2.33. The Hall–Kier alpha value is -2.34. The van der Waals surface area contributed by atoms with Crippen LogP contribution in [0.15, 0.2) is 30.3 Å². The zero-order valence-corrected chi connectivity index (χ0v) is 12.5. The molecule has 0 aliphatic carbocycles. The normalized spacial score (nSPS) is 10.8. The molecule has 0 fully saturated rings. The van der Waals surface area contributed by atoms with Crippen molar-refractivity contribution in [3.05, 3.63) is 40.8 Å². The standard InChI is InChI=1S/C15H14N2O3S/c1-19-11-5-3-10(4-6-11)8-17-13-7-12(9-18)21-14(13)15(16-17)20-2/h3-7,9H,8H2,1-2H3. The Bertz CT molecular complexity index is 774. The van der Waals surface area contributed by atoms with E-state index in [0.717, 1.165) is 27.8 Å². The molecule has 0 amide bonds. The van der Waals surface area contributed by atoms with E-state index in [-0.39, 0.29) is 0 Å². The summed E-state index contributed by atoms with van der Waals surface area (Å²) in [6.45, 7) is 0.610. The molecule has 0 saturated carbocycles. The fraction of sp³-hybridized carbons (Fsp3) is 0.200. The van der Waals surface area contributed by atoms with Gasteiger partial charge in [-0.15, -0.1) is 16.4 Å². The van der Waals surface area contributed by atoms with Crippen LogP contribution in [0.1, 0.15) is 15.2 Å². The monoisotopic (exact) mass is 302 g/mol. The molecule has 0 saturated heterocycles. The number of hydrogen-bond acceptors (Lipinski definition) is 5. The third-order valence-electron chi connectivity index (χ3n) is 3.22. The van der Waals surface area contributed by atoms with Gasteiger partial charge in [-0.1, -0.05) is 12.1 Å². The fourth-order valence-electron chi connectivity index (χ4n) is 2.17. The van der Waals surface area contributed by atoms with E-state index in [1.807, 2.05) is 35.0 Å². The van der Waals surface area contributed by atoms with Gasteiger partial charge in [0, 0.05) is 0 Å². The first-order valence-electron chi connectivity index (χ1n) is 6.37. The number of carbonyl (C=O) groups excluding carboxylic acids is 1. The first-order chi connectivity index (χ1) is 10.2. The molecular formula is C15H14N2O3S. The number of fused-ring (bicyclic) bond motifs is 1. The molecule has 0 spiro atoms. The van der Waals surface area contributed by atoms with Crippen LogP contribution in [0.2, 0.25) is 0 Å². The summed E-state index contributed by atoms with van der Waals surface area (Å²) in [5.41, 5.74) is 2.01. The van der Waals surface area contributed by atoms with Gasteiger partial charge in [0.1, 0.15) is 10.4 Å². The van der Waals surface area contributed by atoms with Crippen LogP contribution in [0.5, 0.6) is 11.6 Å². The summed E-state index contributed by atoms with van der Waals surface area (Å²) >= 11 is 1.39. The second kappa shape index (κ2) is 5.57. The predicted octanol–water partition coefficient (Wildman–Crippen LogP) is 2.98. The molecule has 2 aromatic heterocycles. The van der Waals surface area contributed by atoms with Crippen LogP contribution >= 0.6 is 11.3 Å². The van der Waals surface area contributed by atoms with E-state index in [9.17, 15) is 4.79 Å². The molecule has 0 atom stereocenters. The molecule has 0 aliphatic rings. The first kappa shape index (κ1) is 13.6. The molecule has 1 aromatic carbocycles. The van der Waals surface area contributed by atoms with E-state index in [1.54, 1.807) is 14.2 Å². The maximum atomic E-state index is 10.9. The second-order valence-electron chi connectivity index (χ2n) is 4.50. The first-order valence-corrected chi connectivity index (χ1v) is 7.19. The van der Waals surface area contributed by atoms with Gasteiger partial charge in [-0.3, -0.25) is 9.48 Å². The van der Waals surface area contributed by atoms with E-state index in [0.29, 0.717) is 17.3 Å². The van der Waals surface area contributed by atoms with E-state index in [4.69, 9.17) is 9.47 Å². The molecule has 0 N–H and O–H groups in total. The number of ether oxygens (including phenoxy) is 2. The number of nitrogens with zero attached hydrogens (tertiary/aromatic N) is 2. The van der Waals surface area contributed by atoms with Crippen molar-refractivity contribution in [1.29, 1.82) is 0 Å². The van der Waals surface area contributed by atoms with E-state index in [1.165, 1.54) is 11.3 Å². The number of benzene rings is 1. The molecule has 3 rings (SSSR count). The second-order valence-corrected chi connectivity index (χ2v) is 5.58. The highest BCUT2D eigenvalue weighted by Gasteiger charge is 2.15. The van der Waals surface area contributed by atoms with Crippen LogP contribution < -0.4 is 9.47 Å². The van der Waals surface area contributed by atoms with Crippen molar-refractivity contribution >= 4 is 27.8 Å². The van der Waals surface area contributed by atoms with Gasteiger partial charge in [-0.05, 0) is 23.8 Å². The van der Waals surface area contributed by atoms with Gasteiger partial charge >= 0.3 is 0 Å².